The summed E-state index contributed by atoms with van der Waals surface area (Å²) in [6, 6.07) is 5.85. The van der Waals surface area contributed by atoms with Gasteiger partial charge in [0.25, 0.3) is 0 Å². The fourth-order valence-electron chi connectivity index (χ4n) is 1.24. The minimum atomic E-state index is 0.786. The molecule has 68 valence electrons. The van der Waals surface area contributed by atoms with Gasteiger partial charge in [-0.1, -0.05) is 23.8 Å². The molecule has 0 aliphatic carbocycles. The summed E-state index contributed by atoms with van der Waals surface area (Å²) in [5.41, 5.74) is 2.33. The predicted molar refractivity (Wildman–Crippen MR) is 63.8 cm³/mol. The van der Waals surface area contributed by atoms with Crippen molar-refractivity contribution in [1.82, 2.24) is 0 Å². The third kappa shape index (κ3) is 2.16. The van der Waals surface area contributed by atoms with Crippen molar-refractivity contribution in [2.45, 2.75) is 5.75 Å². The summed E-state index contributed by atoms with van der Waals surface area (Å²) in [6.07, 6.45) is 0. The molecule has 0 radical (unpaired) electrons. The highest BCUT2D eigenvalue weighted by molar-refractivity contribution is 8.00. The van der Waals surface area contributed by atoms with E-state index >= 15 is 0 Å². The summed E-state index contributed by atoms with van der Waals surface area (Å²) in [6.45, 7) is 0. The first-order valence-corrected chi connectivity index (χ1v) is 5.86. The number of benzene rings is 1. The van der Waals surface area contributed by atoms with E-state index < -0.39 is 0 Å². The molecular formula is C9H8ClNS2. The van der Waals surface area contributed by atoms with Crippen molar-refractivity contribution >= 4 is 46.3 Å². The van der Waals surface area contributed by atoms with Crippen LogP contribution in [0.4, 0.5) is 5.69 Å². The van der Waals surface area contributed by atoms with Gasteiger partial charge in [-0.3, -0.25) is 0 Å². The van der Waals surface area contributed by atoms with Gasteiger partial charge in [-0.2, -0.15) is 0 Å². The number of hydrogen-bond donors (Lipinski definition) is 1. The summed E-state index contributed by atoms with van der Waals surface area (Å²) >= 11 is 12.8. The number of thioether (sulfide) groups is 1. The van der Waals surface area contributed by atoms with Crippen molar-refractivity contribution in [3.8, 4) is 0 Å². The maximum atomic E-state index is 5.90. The highest BCUT2D eigenvalue weighted by Gasteiger charge is 2.10. The Hall–Kier alpha value is -0.250. The molecule has 1 N–H and O–H groups in total. The lowest BCUT2D eigenvalue weighted by Crippen LogP contribution is -2.09. The molecule has 0 aromatic heterocycles. The third-order valence-electron chi connectivity index (χ3n) is 1.83. The zero-order valence-corrected chi connectivity index (χ0v) is 9.23. The molecule has 1 aliphatic rings. The molecule has 0 bridgehead atoms. The molecule has 0 spiro atoms. The van der Waals surface area contributed by atoms with Crippen molar-refractivity contribution in [3.05, 3.63) is 28.8 Å². The maximum absolute atomic E-state index is 5.90. The maximum Gasteiger partial charge on any atom is 0.0897 e. The van der Waals surface area contributed by atoms with Crippen LogP contribution >= 0.6 is 35.6 Å². The Morgan fingerprint density at radius 3 is 3.08 bits per heavy atom. The Morgan fingerprint density at radius 2 is 2.23 bits per heavy atom. The summed E-state index contributed by atoms with van der Waals surface area (Å²) in [7, 11) is 0. The molecule has 1 heterocycles. The molecular weight excluding hydrogens is 222 g/mol. The molecule has 0 amide bonds. The normalized spacial score (nSPS) is 15.9. The summed E-state index contributed by atoms with van der Waals surface area (Å²) in [5, 5.41) is 3.99. The van der Waals surface area contributed by atoms with Crippen molar-refractivity contribution in [3.63, 3.8) is 0 Å². The number of thiocarbonyl (C=S) groups is 1. The van der Waals surface area contributed by atoms with Crippen LogP contribution in [0.2, 0.25) is 5.02 Å². The van der Waals surface area contributed by atoms with E-state index in [1.807, 2.05) is 30.0 Å². The van der Waals surface area contributed by atoms with Gasteiger partial charge < -0.3 is 5.32 Å². The highest BCUT2D eigenvalue weighted by atomic mass is 35.5. The van der Waals surface area contributed by atoms with Crippen molar-refractivity contribution in [2.24, 2.45) is 0 Å². The van der Waals surface area contributed by atoms with Crippen LogP contribution in [0.3, 0.4) is 0 Å². The molecule has 0 atom stereocenters. The SMILES string of the molecule is S=C1CSCc2cc(Cl)ccc2N1. The second-order valence-corrected chi connectivity index (χ2v) is 4.76. The minimum absolute atomic E-state index is 0.786. The van der Waals surface area contributed by atoms with Gasteiger partial charge in [0.1, 0.15) is 0 Å². The first-order valence-electron chi connectivity index (χ1n) is 3.92. The Morgan fingerprint density at radius 1 is 1.38 bits per heavy atom. The van der Waals surface area contributed by atoms with Crippen LogP contribution in [0, 0.1) is 0 Å². The molecule has 1 aromatic carbocycles. The monoisotopic (exact) mass is 229 g/mol. The lowest BCUT2D eigenvalue weighted by Gasteiger charge is -2.06. The van der Waals surface area contributed by atoms with Crippen LogP contribution in [0.15, 0.2) is 18.2 Å². The van der Waals surface area contributed by atoms with E-state index in [0.29, 0.717) is 0 Å². The summed E-state index contributed by atoms with van der Waals surface area (Å²) < 4.78 is 0. The van der Waals surface area contributed by atoms with Gasteiger partial charge in [0.2, 0.25) is 0 Å². The van der Waals surface area contributed by atoms with Crippen LogP contribution in [-0.4, -0.2) is 10.7 Å². The smallest absolute Gasteiger partial charge is 0.0897 e. The lowest BCUT2D eigenvalue weighted by atomic mass is 10.2. The Balaban J connectivity index is 2.40. The van der Waals surface area contributed by atoms with Gasteiger partial charge in [-0.25, -0.2) is 0 Å². The number of nitrogens with one attached hydrogen (secondary N) is 1. The number of anilines is 1. The minimum Gasteiger partial charge on any atom is -0.349 e. The number of fused-ring (bicyclic) bond motifs is 1. The van der Waals surface area contributed by atoms with E-state index in [9.17, 15) is 0 Å². The summed E-state index contributed by atoms with van der Waals surface area (Å²) in [4.78, 5) is 0.895. The molecule has 1 aliphatic heterocycles. The second kappa shape index (κ2) is 3.86. The standard InChI is InChI=1S/C9H8ClNS2/c10-7-1-2-8-6(3-7)4-13-5-9(12)11-8/h1-3H,4-5H2,(H,11,12). The predicted octanol–water partition coefficient (Wildman–Crippen LogP) is 3.33. The molecule has 2 rings (SSSR count). The molecule has 0 saturated heterocycles. The molecule has 1 nitrogen and oxygen atoms in total. The number of hydrogen-bond acceptors (Lipinski definition) is 2. The van der Waals surface area contributed by atoms with Gasteiger partial charge >= 0.3 is 0 Å². The fourth-order valence-corrected chi connectivity index (χ4v) is 2.62. The van der Waals surface area contributed by atoms with Gasteiger partial charge in [-0.15, -0.1) is 11.8 Å². The molecule has 0 saturated carbocycles. The molecule has 4 heteroatoms. The largest absolute Gasteiger partial charge is 0.349 e. The first-order chi connectivity index (χ1) is 6.25. The zero-order valence-electron chi connectivity index (χ0n) is 6.84. The van der Waals surface area contributed by atoms with Crippen LogP contribution < -0.4 is 5.32 Å². The zero-order chi connectivity index (χ0) is 9.26. The van der Waals surface area contributed by atoms with E-state index in [4.69, 9.17) is 23.8 Å². The van der Waals surface area contributed by atoms with E-state index in [1.165, 1.54) is 5.56 Å². The highest BCUT2D eigenvalue weighted by Crippen LogP contribution is 2.27. The van der Waals surface area contributed by atoms with Crippen LogP contribution in [0.1, 0.15) is 5.56 Å². The average molecular weight is 230 g/mol. The lowest BCUT2D eigenvalue weighted by molar-refractivity contribution is 1.42. The molecule has 1 aromatic rings. The van der Waals surface area contributed by atoms with E-state index in [0.717, 1.165) is 27.2 Å². The average Bonchev–Trinajstić information content (AvgIpc) is 2.25. The van der Waals surface area contributed by atoms with Gasteiger partial charge in [-0.05, 0) is 23.8 Å². The van der Waals surface area contributed by atoms with Crippen LogP contribution in [0.5, 0.6) is 0 Å². The molecule has 0 fully saturated rings. The van der Waals surface area contributed by atoms with Gasteiger partial charge in [0.15, 0.2) is 0 Å². The first kappa shape index (κ1) is 9.31. The summed E-state index contributed by atoms with van der Waals surface area (Å²) in [5.74, 6) is 1.87. The van der Waals surface area contributed by atoms with Crippen LogP contribution in [0.25, 0.3) is 0 Å². The molecule has 13 heavy (non-hydrogen) atoms. The number of rotatable bonds is 0. The second-order valence-electron chi connectivity index (χ2n) is 2.84. The number of halogens is 1. The van der Waals surface area contributed by atoms with E-state index in [2.05, 4.69) is 5.32 Å². The van der Waals surface area contributed by atoms with Crippen molar-refractivity contribution in [2.75, 3.05) is 11.1 Å². The Bertz CT molecular complexity index is 351. The Labute approximate surface area is 91.9 Å². The van der Waals surface area contributed by atoms with Crippen molar-refractivity contribution in [1.29, 1.82) is 0 Å². The molecule has 0 unspecified atom stereocenters. The fraction of sp³-hybridized carbons (Fsp3) is 0.222. The van der Waals surface area contributed by atoms with Crippen LogP contribution in [-0.2, 0) is 5.75 Å². The van der Waals surface area contributed by atoms with E-state index in [-0.39, 0.29) is 0 Å². The third-order valence-corrected chi connectivity index (χ3v) is 3.50. The van der Waals surface area contributed by atoms with Crippen molar-refractivity contribution < 1.29 is 0 Å². The Kier molecular flexibility index (Phi) is 2.77. The quantitative estimate of drug-likeness (QED) is 0.686. The van der Waals surface area contributed by atoms with E-state index in [1.54, 1.807) is 0 Å². The van der Waals surface area contributed by atoms with Gasteiger partial charge in [0, 0.05) is 22.2 Å². The van der Waals surface area contributed by atoms with Gasteiger partial charge in [0.05, 0.1) is 4.99 Å². The topological polar surface area (TPSA) is 12.0 Å².